The molecule has 0 bridgehead atoms. The van der Waals surface area contributed by atoms with Crippen LogP contribution in [0.1, 0.15) is 24.8 Å². The van der Waals surface area contributed by atoms with E-state index in [2.05, 4.69) is 4.90 Å². The molecule has 1 saturated heterocycles. The van der Waals surface area contributed by atoms with Gasteiger partial charge in [-0.15, -0.1) is 0 Å². The monoisotopic (exact) mass is 297 g/mol. The molecule has 1 aliphatic rings. The second-order valence-electron chi connectivity index (χ2n) is 5.26. The van der Waals surface area contributed by atoms with Crippen LogP contribution in [0.25, 0.3) is 0 Å². The van der Waals surface area contributed by atoms with Crippen molar-refractivity contribution in [1.29, 1.82) is 0 Å². The third kappa shape index (κ3) is 3.87. The minimum Gasteiger partial charge on any atom is -0.496 e. The SMILES string of the molecule is COc1cccc(Cl)c1CN1CCCC(CC(=O)O)C1. The molecule has 1 aromatic rings. The highest BCUT2D eigenvalue weighted by atomic mass is 35.5. The van der Waals surface area contributed by atoms with Crippen LogP contribution in [-0.4, -0.2) is 36.2 Å². The molecular formula is C15H20ClNO3. The van der Waals surface area contributed by atoms with Gasteiger partial charge in [0.1, 0.15) is 5.75 Å². The summed E-state index contributed by atoms with van der Waals surface area (Å²) in [6.45, 7) is 2.49. The first-order valence-corrected chi connectivity index (χ1v) is 7.23. The highest BCUT2D eigenvalue weighted by molar-refractivity contribution is 6.31. The third-order valence-electron chi connectivity index (χ3n) is 3.74. The molecule has 1 aliphatic heterocycles. The van der Waals surface area contributed by atoms with Crippen LogP contribution in [0.4, 0.5) is 0 Å². The normalized spacial score (nSPS) is 19.8. The fourth-order valence-corrected chi connectivity index (χ4v) is 3.04. The van der Waals surface area contributed by atoms with E-state index in [1.54, 1.807) is 7.11 Å². The van der Waals surface area contributed by atoms with E-state index in [1.807, 2.05) is 18.2 Å². The number of piperidine rings is 1. The highest BCUT2D eigenvalue weighted by Crippen LogP contribution is 2.29. The second-order valence-corrected chi connectivity index (χ2v) is 5.67. The number of carbonyl (C=O) groups is 1. The van der Waals surface area contributed by atoms with Gasteiger partial charge in [-0.1, -0.05) is 17.7 Å². The first-order chi connectivity index (χ1) is 9.60. The summed E-state index contributed by atoms with van der Waals surface area (Å²) < 4.78 is 5.35. The lowest BCUT2D eigenvalue weighted by Crippen LogP contribution is -2.35. The van der Waals surface area contributed by atoms with E-state index in [0.29, 0.717) is 11.6 Å². The van der Waals surface area contributed by atoms with Crippen molar-refractivity contribution < 1.29 is 14.6 Å². The molecule has 110 valence electrons. The second kappa shape index (κ2) is 6.95. The number of hydrogen-bond acceptors (Lipinski definition) is 3. The van der Waals surface area contributed by atoms with Crippen LogP contribution in [0.15, 0.2) is 18.2 Å². The van der Waals surface area contributed by atoms with Crippen LogP contribution in [0.5, 0.6) is 5.75 Å². The topological polar surface area (TPSA) is 49.8 Å². The molecular weight excluding hydrogens is 278 g/mol. The number of carboxylic acids is 1. The van der Waals surface area contributed by atoms with E-state index < -0.39 is 5.97 Å². The Bertz CT molecular complexity index is 478. The predicted octanol–water partition coefficient (Wildman–Crippen LogP) is 3.04. The Morgan fingerprint density at radius 1 is 1.55 bits per heavy atom. The minimum atomic E-state index is -0.716. The zero-order valence-electron chi connectivity index (χ0n) is 11.6. The zero-order valence-corrected chi connectivity index (χ0v) is 12.4. The van der Waals surface area contributed by atoms with Gasteiger partial charge in [-0.25, -0.2) is 0 Å². The van der Waals surface area contributed by atoms with Crippen LogP contribution < -0.4 is 4.74 Å². The molecule has 1 fully saturated rings. The average Bonchev–Trinajstić information content (AvgIpc) is 2.41. The number of aliphatic carboxylic acids is 1. The molecule has 1 heterocycles. The number of benzene rings is 1. The Morgan fingerprint density at radius 3 is 3.05 bits per heavy atom. The van der Waals surface area contributed by atoms with Crippen molar-refractivity contribution >= 4 is 17.6 Å². The summed E-state index contributed by atoms with van der Waals surface area (Å²) in [6, 6.07) is 5.63. The van der Waals surface area contributed by atoms with E-state index >= 15 is 0 Å². The number of carboxylic acid groups (broad SMARTS) is 1. The number of halogens is 1. The molecule has 4 nitrogen and oxygen atoms in total. The summed E-state index contributed by atoms with van der Waals surface area (Å²) in [5.74, 6) is 0.305. The summed E-state index contributed by atoms with van der Waals surface area (Å²) in [5.41, 5.74) is 0.979. The van der Waals surface area contributed by atoms with Crippen molar-refractivity contribution in [2.24, 2.45) is 5.92 Å². The van der Waals surface area contributed by atoms with Gasteiger partial charge in [0.05, 0.1) is 7.11 Å². The molecule has 0 amide bonds. The van der Waals surface area contributed by atoms with Crippen molar-refractivity contribution in [1.82, 2.24) is 4.90 Å². The lowest BCUT2D eigenvalue weighted by atomic mass is 9.94. The van der Waals surface area contributed by atoms with Crippen molar-refractivity contribution in [2.75, 3.05) is 20.2 Å². The average molecular weight is 298 g/mol. The molecule has 0 saturated carbocycles. The van der Waals surface area contributed by atoms with E-state index in [0.717, 1.165) is 37.2 Å². The van der Waals surface area contributed by atoms with Gasteiger partial charge in [0.2, 0.25) is 0 Å². The summed E-state index contributed by atoms with van der Waals surface area (Å²) in [5, 5.41) is 9.61. The molecule has 1 N–H and O–H groups in total. The summed E-state index contributed by atoms with van der Waals surface area (Å²) in [4.78, 5) is 13.1. The summed E-state index contributed by atoms with van der Waals surface area (Å²) in [6.07, 6.45) is 2.27. The molecule has 0 aliphatic carbocycles. The lowest BCUT2D eigenvalue weighted by Gasteiger charge is -2.32. The van der Waals surface area contributed by atoms with Crippen LogP contribution in [0.2, 0.25) is 5.02 Å². The van der Waals surface area contributed by atoms with Crippen molar-refractivity contribution in [3.63, 3.8) is 0 Å². The van der Waals surface area contributed by atoms with Crippen molar-refractivity contribution in [3.05, 3.63) is 28.8 Å². The molecule has 5 heteroatoms. The number of likely N-dealkylation sites (tertiary alicyclic amines) is 1. The standard InChI is InChI=1S/C15H20ClNO3/c1-20-14-6-2-5-13(16)12(14)10-17-7-3-4-11(9-17)8-15(18)19/h2,5-6,11H,3-4,7-10H2,1H3,(H,18,19). The fraction of sp³-hybridized carbons (Fsp3) is 0.533. The minimum absolute atomic E-state index is 0.231. The Labute approximate surface area is 124 Å². The molecule has 0 aromatic heterocycles. The van der Waals surface area contributed by atoms with Gasteiger partial charge in [0.25, 0.3) is 0 Å². The number of methoxy groups -OCH3 is 1. The lowest BCUT2D eigenvalue weighted by molar-refractivity contribution is -0.138. The van der Waals surface area contributed by atoms with Gasteiger partial charge in [-0.05, 0) is 37.4 Å². The van der Waals surface area contributed by atoms with Gasteiger partial charge in [0.15, 0.2) is 0 Å². The summed E-state index contributed by atoms with van der Waals surface area (Å²) >= 11 is 6.25. The number of ether oxygens (including phenoxy) is 1. The summed E-state index contributed by atoms with van der Waals surface area (Å²) in [7, 11) is 1.64. The van der Waals surface area contributed by atoms with E-state index in [-0.39, 0.29) is 12.3 Å². The maximum Gasteiger partial charge on any atom is 0.303 e. The largest absolute Gasteiger partial charge is 0.496 e. The van der Waals surface area contributed by atoms with Gasteiger partial charge in [-0.2, -0.15) is 0 Å². The van der Waals surface area contributed by atoms with E-state index in [9.17, 15) is 4.79 Å². The molecule has 0 spiro atoms. The maximum absolute atomic E-state index is 10.8. The van der Waals surface area contributed by atoms with Crippen LogP contribution in [-0.2, 0) is 11.3 Å². The van der Waals surface area contributed by atoms with Gasteiger partial charge in [0, 0.05) is 30.1 Å². The highest BCUT2D eigenvalue weighted by Gasteiger charge is 2.23. The Kier molecular flexibility index (Phi) is 5.26. The van der Waals surface area contributed by atoms with Crippen molar-refractivity contribution in [3.8, 4) is 5.75 Å². The molecule has 1 unspecified atom stereocenters. The third-order valence-corrected chi connectivity index (χ3v) is 4.10. The van der Waals surface area contributed by atoms with Gasteiger partial charge >= 0.3 is 5.97 Å². The van der Waals surface area contributed by atoms with Crippen LogP contribution in [0.3, 0.4) is 0 Å². The zero-order chi connectivity index (χ0) is 14.5. The quantitative estimate of drug-likeness (QED) is 0.907. The maximum atomic E-state index is 10.8. The smallest absolute Gasteiger partial charge is 0.303 e. The first-order valence-electron chi connectivity index (χ1n) is 6.85. The molecule has 2 rings (SSSR count). The Hall–Kier alpha value is -1.26. The first kappa shape index (κ1) is 15.1. The molecule has 20 heavy (non-hydrogen) atoms. The predicted molar refractivity (Wildman–Crippen MR) is 78.3 cm³/mol. The Morgan fingerprint density at radius 2 is 2.35 bits per heavy atom. The van der Waals surface area contributed by atoms with Crippen molar-refractivity contribution in [2.45, 2.75) is 25.8 Å². The number of rotatable bonds is 5. The number of nitrogens with zero attached hydrogens (tertiary/aromatic N) is 1. The van der Waals surface area contributed by atoms with Gasteiger partial charge in [-0.3, -0.25) is 9.69 Å². The van der Waals surface area contributed by atoms with Gasteiger partial charge < -0.3 is 9.84 Å². The fourth-order valence-electron chi connectivity index (χ4n) is 2.82. The van der Waals surface area contributed by atoms with E-state index in [4.69, 9.17) is 21.4 Å². The van der Waals surface area contributed by atoms with E-state index in [1.165, 1.54) is 0 Å². The molecule has 0 radical (unpaired) electrons. The number of hydrogen-bond donors (Lipinski definition) is 1. The van der Waals surface area contributed by atoms with Crippen LogP contribution in [0, 0.1) is 5.92 Å². The molecule has 1 atom stereocenters. The van der Waals surface area contributed by atoms with Crippen LogP contribution >= 0.6 is 11.6 Å². The Balaban J connectivity index is 2.04. The molecule has 1 aromatic carbocycles.